The molecular formula is C28H20N2. The Morgan fingerprint density at radius 1 is 0.467 bits per heavy atom. The van der Waals surface area contributed by atoms with Gasteiger partial charge in [0.2, 0.25) is 0 Å². The number of fused-ring (bicyclic) bond motifs is 5. The lowest BCUT2D eigenvalue weighted by Gasteiger charge is -2.13. The Labute approximate surface area is 174 Å². The van der Waals surface area contributed by atoms with Crippen molar-refractivity contribution in [2.75, 3.05) is 11.1 Å². The van der Waals surface area contributed by atoms with E-state index in [1.807, 2.05) is 24.3 Å². The zero-order chi connectivity index (χ0) is 20.1. The lowest BCUT2D eigenvalue weighted by molar-refractivity contribution is 1.58. The molecule has 6 aromatic rings. The molecule has 0 aliphatic carbocycles. The highest BCUT2D eigenvalue weighted by Crippen LogP contribution is 2.35. The molecule has 0 saturated heterocycles. The number of nitrogens with one attached hydrogen (secondary N) is 1. The predicted molar refractivity (Wildman–Crippen MR) is 131 cm³/mol. The van der Waals surface area contributed by atoms with Crippen molar-refractivity contribution < 1.29 is 0 Å². The summed E-state index contributed by atoms with van der Waals surface area (Å²) in [4.78, 5) is 0. The summed E-state index contributed by atoms with van der Waals surface area (Å²) in [7, 11) is 0. The van der Waals surface area contributed by atoms with E-state index in [0.717, 1.165) is 17.1 Å². The molecule has 6 rings (SSSR count). The van der Waals surface area contributed by atoms with Gasteiger partial charge in [-0.25, -0.2) is 0 Å². The van der Waals surface area contributed by atoms with Gasteiger partial charge in [0.15, 0.2) is 0 Å². The Bertz CT molecular complexity index is 1580. The van der Waals surface area contributed by atoms with Crippen LogP contribution in [0.15, 0.2) is 103 Å². The first kappa shape index (κ1) is 16.9. The average Bonchev–Trinajstić information content (AvgIpc) is 2.77. The normalized spacial score (nSPS) is 11.5. The molecule has 0 radical (unpaired) electrons. The fourth-order valence-corrected chi connectivity index (χ4v) is 4.40. The van der Waals surface area contributed by atoms with Gasteiger partial charge in [-0.3, -0.25) is 0 Å². The van der Waals surface area contributed by atoms with Crippen molar-refractivity contribution in [1.29, 1.82) is 0 Å². The summed E-state index contributed by atoms with van der Waals surface area (Å²) >= 11 is 0. The third kappa shape index (κ3) is 2.73. The van der Waals surface area contributed by atoms with Gasteiger partial charge in [-0.1, -0.05) is 54.6 Å². The van der Waals surface area contributed by atoms with Gasteiger partial charge < -0.3 is 11.1 Å². The maximum atomic E-state index is 5.97. The summed E-state index contributed by atoms with van der Waals surface area (Å²) < 4.78 is 0. The molecule has 0 spiro atoms. The van der Waals surface area contributed by atoms with Crippen LogP contribution in [-0.4, -0.2) is 0 Å². The third-order valence-electron chi connectivity index (χ3n) is 5.87. The van der Waals surface area contributed by atoms with Gasteiger partial charge in [0.05, 0.1) is 0 Å². The Morgan fingerprint density at radius 2 is 1.10 bits per heavy atom. The van der Waals surface area contributed by atoms with Crippen LogP contribution >= 0.6 is 0 Å². The minimum Gasteiger partial charge on any atom is -0.399 e. The first-order valence-electron chi connectivity index (χ1n) is 10.2. The van der Waals surface area contributed by atoms with Gasteiger partial charge in [0.1, 0.15) is 0 Å². The standard InChI is InChI=1S/C28H20N2/c29-23-8-4-9-24(16-23)30-28-10-3-7-20-14-22-12-11-21-13-18-5-1-2-6-19(18)15-25(21)26(22)17-27(20)28/h1-17,30H,29H2. The lowest BCUT2D eigenvalue weighted by atomic mass is 9.95. The summed E-state index contributed by atoms with van der Waals surface area (Å²) in [6, 6.07) is 36.5. The van der Waals surface area contributed by atoms with Crippen molar-refractivity contribution in [2.24, 2.45) is 0 Å². The van der Waals surface area contributed by atoms with Crippen LogP contribution in [0, 0.1) is 0 Å². The predicted octanol–water partition coefficient (Wildman–Crippen LogP) is 7.63. The molecule has 6 aromatic carbocycles. The molecule has 0 amide bonds. The van der Waals surface area contributed by atoms with E-state index in [0.29, 0.717) is 0 Å². The van der Waals surface area contributed by atoms with E-state index >= 15 is 0 Å². The number of anilines is 3. The molecule has 2 nitrogen and oxygen atoms in total. The molecule has 0 aromatic heterocycles. The van der Waals surface area contributed by atoms with Crippen LogP contribution in [0.5, 0.6) is 0 Å². The molecule has 0 bridgehead atoms. The van der Waals surface area contributed by atoms with E-state index in [1.54, 1.807) is 0 Å². The monoisotopic (exact) mass is 384 g/mol. The van der Waals surface area contributed by atoms with E-state index in [2.05, 4.69) is 84.2 Å². The molecule has 142 valence electrons. The van der Waals surface area contributed by atoms with Crippen molar-refractivity contribution >= 4 is 60.2 Å². The summed E-state index contributed by atoms with van der Waals surface area (Å²) in [5.41, 5.74) is 8.79. The number of hydrogen-bond acceptors (Lipinski definition) is 2. The van der Waals surface area contributed by atoms with Crippen LogP contribution in [0.2, 0.25) is 0 Å². The molecule has 0 atom stereocenters. The second-order valence-corrected chi connectivity index (χ2v) is 7.84. The van der Waals surface area contributed by atoms with Gasteiger partial charge in [0.25, 0.3) is 0 Å². The molecule has 0 unspecified atom stereocenters. The topological polar surface area (TPSA) is 38.0 Å². The van der Waals surface area contributed by atoms with Gasteiger partial charge in [0, 0.05) is 22.4 Å². The zero-order valence-corrected chi connectivity index (χ0v) is 16.4. The highest BCUT2D eigenvalue weighted by Gasteiger charge is 2.08. The van der Waals surface area contributed by atoms with Crippen LogP contribution in [0.4, 0.5) is 17.1 Å². The molecule has 0 heterocycles. The highest BCUT2D eigenvalue weighted by molar-refractivity contribution is 6.16. The summed E-state index contributed by atoms with van der Waals surface area (Å²) in [5, 5.41) is 13.6. The van der Waals surface area contributed by atoms with Crippen LogP contribution in [0.25, 0.3) is 43.1 Å². The summed E-state index contributed by atoms with van der Waals surface area (Å²) in [6.07, 6.45) is 0. The molecule has 30 heavy (non-hydrogen) atoms. The Balaban J connectivity index is 1.62. The van der Waals surface area contributed by atoms with E-state index in [1.165, 1.54) is 43.1 Å². The summed E-state index contributed by atoms with van der Waals surface area (Å²) in [5.74, 6) is 0. The minimum atomic E-state index is 0.753. The number of nitrogens with two attached hydrogens (primary N) is 1. The van der Waals surface area contributed by atoms with Gasteiger partial charge in [-0.2, -0.15) is 0 Å². The van der Waals surface area contributed by atoms with Crippen LogP contribution in [0.1, 0.15) is 0 Å². The van der Waals surface area contributed by atoms with Crippen molar-refractivity contribution in [3.05, 3.63) is 103 Å². The lowest BCUT2D eigenvalue weighted by Crippen LogP contribution is -1.93. The summed E-state index contributed by atoms with van der Waals surface area (Å²) in [6.45, 7) is 0. The Hall–Kier alpha value is -4.04. The molecule has 0 aliphatic heterocycles. The first-order valence-corrected chi connectivity index (χ1v) is 10.2. The minimum absolute atomic E-state index is 0.753. The third-order valence-corrected chi connectivity index (χ3v) is 5.87. The zero-order valence-electron chi connectivity index (χ0n) is 16.4. The van der Waals surface area contributed by atoms with Crippen molar-refractivity contribution in [3.8, 4) is 0 Å². The average molecular weight is 384 g/mol. The maximum Gasteiger partial charge on any atom is 0.0464 e. The Kier molecular flexibility index (Phi) is 3.65. The molecule has 2 heteroatoms. The van der Waals surface area contributed by atoms with Crippen molar-refractivity contribution in [1.82, 2.24) is 0 Å². The van der Waals surface area contributed by atoms with Gasteiger partial charge in [-0.15, -0.1) is 0 Å². The quantitative estimate of drug-likeness (QED) is 0.183. The van der Waals surface area contributed by atoms with E-state index in [9.17, 15) is 0 Å². The van der Waals surface area contributed by atoms with Crippen LogP contribution in [-0.2, 0) is 0 Å². The maximum absolute atomic E-state index is 5.97. The number of benzene rings is 6. The molecule has 0 aliphatic rings. The smallest absolute Gasteiger partial charge is 0.0464 e. The first-order chi connectivity index (χ1) is 14.7. The highest BCUT2D eigenvalue weighted by atomic mass is 14.9. The SMILES string of the molecule is Nc1cccc(Nc2cccc3cc4ccc5cc6ccccc6cc5c4cc23)c1. The van der Waals surface area contributed by atoms with Gasteiger partial charge in [-0.05, 0) is 86.2 Å². The largest absolute Gasteiger partial charge is 0.399 e. The van der Waals surface area contributed by atoms with E-state index < -0.39 is 0 Å². The molecule has 0 saturated carbocycles. The fraction of sp³-hybridized carbons (Fsp3) is 0. The number of rotatable bonds is 2. The fourth-order valence-electron chi connectivity index (χ4n) is 4.40. The van der Waals surface area contributed by atoms with Crippen LogP contribution in [0.3, 0.4) is 0 Å². The molecular weight excluding hydrogens is 364 g/mol. The van der Waals surface area contributed by atoms with Crippen LogP contribution < -0.4 is 11.1 Å². The van der Waals surface area contributed by atoms with Crippen molar-refractivity contribution in [2.45, 2.75) is 0 Å². The van der Waals surface area contributed by atoms with Crippen molar-refractivity contribution in [3.63, 3.8) is 0 Å². The van der Waals surface area contributed by atoms with Gasteiger partial charge >= 0.3 is 0 Å². The Morgan fingerprint density at radius 3 is 1.90 bits per heavy atom. The van der Waals surface area contributed by atoms with E-state index in [4.69, 9.17) is 5.73 Å². The second-order valence-electron chi connectivity index (χ2n) is 7.84. The second kappa shape index (κ2) is 6.50. The van der Waals surface area contributed by atoms with E-state index in [-0.39, 0.29) is 0 Å². The molecule has 0 fully saturated rings. The number of nitrogen functional groups attached to an aromatic ring is 1. The number of hydrogen-bond donors (Lipinski definition) is 2. The molecule has 3 N–H and O–H groups in total.